The highest BCUT2D eigenvalue weighted by Crippen LogP contribution is 2.29. The van der Waals surface area contributed by atoms with Crippen molar-refractivity contribution in [1.82, 2.24) is 20.2 Å². The van der Waals surface area contributed by atoms with Crippen molar-refractivity contribution in [2.75, 3.05) is 5.73 Å². The van der Waals surface area contributed by atoms with Gasteiger partial charge in [0.2, 0.25) is 0 Å². The Labute approximate surface area is 124 Å². The lowest BCUT2D eigenvalue weighted by atomic mass is 10.1. The molecule has 0 bridgehead atoms. The number of anilines is 1. The van der Waals surface area contributed by atoms with Crippen LogP contribution in [0.3, 0.4) is 0 Å². The van der Waals surface area contributed by atoms with Gasteiger partial charge in [-0.05, 0) is 40.8 Å². The van der Waals surface area contributed by atoms with Crippen LogP contribution >= 0.6 is 23.2 Å². The van der Waals surface area contributed by atoms with Gasteiger partial charge in [0.15, 0.2) is 5.82 Å². The first-order chi connectivity index (χ1) is 9.66. The van der Waals surface area contributed by atoms with Crippen LogP contribution < -0.4 is 5.73 Å². The first-order valence-electron chi connectivity index (χ1n) is 5.75. The maximum Gasteiger partial charge on any atom is 0.189 e. The van der Waals surface area contributed by atoms with Crippen LogP contribution in [0, 0.1) is 0 Å². The Morgan fingerprint density at radius 2 is 1.85 bits per heavy atom. The normalized spacial score (nSPS) is 10.7. The number of para-hydroxylation sites is 1. The van der Waals surface area contributed by atoms with Crippen LogP contribution in [0.5, 0.6) is 0 Å². The summed E-state index contributed by atoms with van der Waals surface area (Å²) in [7, 11) is 0. The van der Waals surface area contributed by atoms with Gasteiger partial charge in [0.05, 0.1) is 10.7 Å². The highest BCUT2D eigenvalue weighted by atomic mass is 35.5. The third-order valence-electron chi connectivity index (χ3n) is 2.81. The minimum Gasteiger partial charge on any atom is -0.398 e. The molecule has 0 unspecified atom stereocenters. The van der Waals surface area contributed by atoms with Gasteiger partial charge in [-0.15, -0.1) is 5.10 Å². The second-order valence-corrected chi connectivity index (χ2v) is 4.94. The second kappa shape index (κ2) is 5.11. The van der Waals surface area contributed by atoms with Gasteiger partial charge in [0.25, 0.3) is 0 Å². The molecule has 0 saturated heterocycles. The number of hydrogen-bond donors (Lipinski definition) is 1. The lowest BCUT2D eigenvalue weighted by molar-refractivity contribution is 0.791. The molecule has 0 aliphatic carbocycles. The molecule has 0 radical (unpaired) electrons. The van der Waals surface area contributed by atoms with Crippen LogP contribution in [0.15, 0.2) is 42.5 Å². The molecule has 0 saturated carbocycles. The number of nitrogen functional groups attached to an aromatic ring is 1. The number of halogens is 2. The van der Waals surface area contributed by atoms with Gasteiger partial charge in [0, 0.05) is 16.3 Å². The van der Waals surface area contributed by atoms with E-state index >= 15 is 0 Å². The summed E-state index contributed by atoms with van der Waals surface area (Å²) < 4.78 is 1.53. The van der Waals surface area contributed by atoms with Crippen LogP contribution in [0.25, 0.3) is 17.1 Å². The lowest BCUT2D eigenvalue weighted by Gasteiger charge is -2.08. The SMILES string of the molecule is Nc1ccc(Cl)cc1-c1nnnn1-c1ccccc1Cl. The average molecular weight is 306 g/mol. The molecule has 7 heteroatoms. The van der Waals surface area contributed by atoms with Crippen molar-refractivity contribution in [1.29, 1.82) is 0 Å². The lowest BCUT2D eigenvalue weighted by Crippen LogP contribution is -2.02. The molecule has 100 valence electrons. The molecule has 20 heavy (non-hydrogen) atoms. The van der Waals surface area contributed by atoms with Crippen molar-refractivity contribution in [3.8, 4) is 17.1 Å². The predicted octanol–water partition coefficient (Wildman–Crippen LogP) is 3.22. The van der Waals surface area contributed by atoms with E-state index in [0.29, 0.717) is 32.8 Å². The minimum atomic E-state index is 0.484. The first kappa shape index (κ1) is 12.9. The largest absolute Gasteiger partial charge is 0.398 e. The van der Waals surface area contributed by atoms with Crippen molar-refractivity contribution in [2.24, 2.45) is 0 Å². The number of nitrogens with zero attached hydrogens (tertiary/aromatic N) is 4. The summed E-state index contributed by atoms with van der Waals surface area (Å²) in [4.78, 5) is 0. The van der Waals surface area contributed by atoms with E-state index < -0.39 is 0 Å². The van der Waals surface area contributed by atoms with E-state index in [-0.39, 0.29) is 0 Å². The molecule has 3 rings (SSSR count). The molecule has 1 heterocycles. The summed E-state index contributed by atoms with van der Waals surface area (Å²) in [5.74, 6) is 0.484. The Balaban J connectivity index is 2.21. The van der Waals surface area contributed by atoms with Gasteiger partial charge in [-0.25, -0.2) is 0 Å². The van der Waals surface area contributed by atoms with Crippen molar-refractivity contribution in [2.45, 2.75) is 0 Å². The van der Waals surface area contributed by atoms with Crippen LogP contribution in [0.2, 0.25) is 10.0 Å². The van der Waals surface area contributed by atoms with Crippen LogP contribution in [0.1, 0.15) is 0 Å². The zero-order chi connectivity index (χ0) is 14.1. The van der Waals surface area contributed by atoms with E-state index in [9.17, 15) is 0 Å². The van der Waals surface area contributed by atoms with Gasteiger partial charge < -0.3 is 5.73 Å². The molecule has 0 atom stereocenters. The third kappa shape index (κ3) is 2.21. The van der Waals surface area contributed by atoms with Crippen molar-refractivity contribution < 1.29 is 0 Å². The van der Waals surface area contributed by atoms with E-state index in [4.69, 9.17) is 28.9 Å². The molecule has 0 spiro atoms. The summed E-state index contributed by atoms with van der Waals surface area (Å²) in [5, 5.41) is 12.8. The first-order valence-corrected chi connectivity index (χ1v) is 6.51. The Bertz CT molecular complexity index is 769. The Kier molecular flexibility index (Phi) is 3.30. The van der Waals surface area contributed by atoms with E-state index in [1.807, 2.05) is 18.2 Å². The van der Waals surface area contributed by atoms with Gasteiger partial charge in [-0.2, -0.15) is 4.68 Å². The predicted molar refractivity (Wildman–Crippen MR) is 79.0 cm³/mol. The second-order valence-electron chi connectivity index (χ2n) is 4.10. The fourth-order valence-electron chi connectivity index (χ4n) is 1.86. The van der Waals surface area contributed by atoms with E-state index in [0.717, 1.165) is 0 Å². The molecule has 2 N–H and O–H groups in total. The molecule has 0 fully saturated rings. The number of hydrogen-bond acceptors (Lipinski definition) is 4. The number of aromatic nitrogens is 4. The Morgan fingerprint density at radius 1 is 1.05 bits per heavy atom. The number of nitrogens with two attached hydrogens (primary N) is 1. The fourth-order valence-corrected chi connectivity index (χ4v) is 2.25. The molecule has 5 nitrogen and oxygen atoms in total. The highest BCUT2D eigenvalue weighted by Gasteiger charge is 2.15. The van der Waals surface area contributed by atoms with Crippen molar-refractivity contribution in [3.05, 3.63) is 52.5 Å². The van der Waals surface area contributed by atoms with Crippen molar-refractivity contribution >= 4 is 28.9 Å². The zero-order valence-electron chi connectivity index (χ0n) is 10.2. The third-order valence-corrected chi connectivity index (χ3v) is 3.36. The summed E-state index contributed by atoms with van der Waals surface area (Å²) in [6, 6.07) is 12.4. The van der Waals surface area contributed by atoms with Crippen LogP contribution in [0.4, 0.5) is 5.69 Å². The standard InChI is InChI=1S/C13H9Cl2N5/c14-8-5-6-11(16)9(7-8)13-17-18-19-20(13)12-4-2-1-3-10(12)15/h1-7H,16H2. The van der Waals surface area contributed by atoms with E-state index in [2.05, 4.69) is 15.5 Å². The number of benzene rings is 2. The minimum absolute atomic E-state index is 0.484. The monoisotopic (exact) mass is 305 g/mol. The smallest absolute Gasteiger partial charge is 0.189 e. The van der Waals surface area contributed by atoms with Gasteiger partial charge in [-0.1, -0.05) is 35.3 Å². The quantitative estimate of drug-likeness (QED) is 0.738. The number of tetrazole rings is 1. The summed E-state index contributed by atoms with van der Waals surface area (Å²) >= 11 is 12.2. The highest BCUT2D eigenvalue weighted by molar-refractivity contribution is 6.32. The maximum absolute atomic E-state index is 6.17. The van der Waals surface area contributed by atoms with Crippen LogP contribution in [-0.2, 0) is 0 Å². The molecule has 0 aliphatic heterocycles. The number of rotatable bonds is 2. The van der Waals surface area contributed by atoms with Crippen LogP contribution in [-0.4, -0.2) is 20.2 Å². The molecule has 0 aliphatic rings. The Morgan fingerprint density at radius 3 is 2.65 bits per heavy atom. The van der Waals surface area contributed by atoms with Gasteiger partial charge in [0.1, 0.15) is 0 Å². The Hall–Kier alpha value is -2.11. The molecule has 0 amide bonds. The fraction of sp³-hybridized carbons (Fsp3) is 0. The molecule has 1 aromatic heterocycles. The summed E-state index contributed by atoms with van der Waals surface area (Å²) in [6.45, 7) is 0. The summed E-state index contributed by atoms with van der Waals surface area (Å²) in [5.41, 5.74) is 7.83. The topological polar surface area (TPSA) is 69.6 Å². The average Bonchev–Trinajstić information content (AvgIpc) is 2.91. The van der Waals surface area contributed by atoms with E-state index in [1.54, 1.807) is 24.3 Å². The zero-order valence-corrected chi connectivity index (χ0v) is 11.7. The van der Waals surface area contributed by atoms with Gasteiger partial charge in [-0.3, -0.25) is 0 Å². The molecule has 3 aromatic rings. The molecular formula is C13H9Cl2N5. The maximum atomic E-state index is 6.17. The van der Waals surface area contributed by atoms with Gasteiger partial charge >= 0.3 is 0 Å². The van der Waals surface area contributed by atoms with E-state index in [1.165, 1.54) is 4.68 Å². The molecule has 2 aromatic carbocycles. The summed E-state index contributed by atoms with van der Waals surface area (Å²) in [6.07, 6.45) is 0. The molecular weight excluding hydrogens is 297 g/mol. The van der Waals surface area contributed by atoms with Crippen molar-refractivity contribution in [3.63, 3.8) is 0 Å².